The Labute approximate surface area is 200 Å². The molecule has 2 aromatic carbocycles. The van der Waals surface area contributed by atoms with E-state index in [0.29, 0.717) is 35.7 Å². The highest BCUT2D eigenvalue weighted by molar-refractivity contribution is 9.10. The molecule has 1 N–H and O–H groups in total. The Balaban J connectivity index is 1.98. The van der Waals surface area contributed by atoms with E-state index < -0.39 is 12.0 Å². The summed E-state index contributed by atoms with van der Waals surface area (Å²) in [5.41, 5.74) is 1.66. The van der Waals surface area contributed by atoms with Gasteiger partial charge in [-0.05, 0) is 53.5 Å². The van der Waals surface area contributed by atoms with Gasteiger partial charge in [-0.2, -0.15) is 0 Å². The van der Waals surface area contributed by atoms with Gasteiger partial charge in [0, 0.05) is 10.6 Å². The standard InChI is InChI=1S/C23H18BrClN2O4S/c1-3-31-22(30)18-12(2)26-23-27(19(18)13-7-5-4-6-8-13)21(29)17(32-23)10-14-9-15(25)11-16(24)20(14)28/h4-11,19,28H,3H2,1-2H3/b17-10+. The van der Waals surface area contributed by atoms with Gasteiger partial charge in [-0.15, -0.1) is 0 Å². The van der Waals surface area contributed by atoms with Crippen LogP contribution >= 0.6 is 38.9 Å². The maximum atomic E-state index is 13.5. The number of phenolic OH excluding ortho intramolecular Hbond substituents is 1. The van der Waals surface area contributed by atoms with Crippen LogP contribution in [0.1, 0.15) is 31.0 Å². The van der Waals surface area contributed by atoms with Crippen LogP contribution in [0.15, 0.2) is 68.0 Å². The van der Waals surface area contributed by atoms with Gasteiger partial charge in [0.05, 0.1) is 32.9 Å². The van der Waals surface area contributed by atoms with E-state index in [4.69, 9.17) is 16.3 Å². The third-order valence-electron chi connectivity index (χ3n) is 4.98. The summed E-state index contributed by atoms with van der Waals surface area (Å²) in [6.45, 7) is 3.68. The number of aromatic nitrogens is 1. The van der Waals surface area contributed by atoms with Crippen molar-refractivity contribution in [3.63, 3.8) is 0 Å². The molecule has 1 aliphatic rings. The predicted molar refractivity (Wildman–Crippen MR) is 128 cm³/mol. The van der Waals surface area contributed by atoms with Gasteiger partial charge in [-0.3, -0.25) is 9.36 Å². The van der Waals surface area contributed by atoms with Gasteiger partial charge in [0.1, 0.15) is 5.75 Å². The number of nitrogens with zero attached hydrogens (tertiary/aromatic N) is 2. The number of benzene rings is 2. The summed E-state index contributed by atoms with van der Waals surface area (Å²) in [5, 5.41) is 10.8. The summed E-state index contributed by atoms with van der Waals surface area (Å²) in [6, 6.07) is 11.8. The predicted octanol–water partition coefficient (Wildman–Crippen LogP) is 3.92. The zero-order valence-electron chi connectivity index (χ0n) is 17.1. The molecule has 0 bridgehead atoms. The number of ether oxygens (including phenoxy) is 1. The van der Waals surface area contributed by atoms with E-state index in [-0.39, 0.29) is 17.9 Å². The van der Waals surface area contributed by atoms with Crippen LogP contribution in [-0.4, -0.2) is 22.2 Å². The second kappa shape index (κ2) is 9.05. The highest BCUT2D eigenvalue weighted by Crippen LogP contribution is 2.32. The molecule has 0 amide bonds. The maximum Gasteiger partial charge on any atom is 0.338 e. The van der Waals surface area contributed by atoms with Crippen molar-refractivity contribution in [2.75, 3.05) is 6.61 Å². The molecule has 1 atom stereocenters. The van der Waals surface area contributed by atoms with E-state index in [2.05, 4.69) is 20.9 Å². The fraction of sp³-hybridized carbons (Fsp3) is 0.174. The minimum absolute atomic E-state index is 0.0248. The molecule has 164 valence electrons. The average molecular weight is 534 g/mol. The lowest BCUT2D eigenvalue weighted by atomic mass is 9.96. The fourth-order valence-electron chi connectivity index (χ4n) is 3.58. The average Bonchev–Trinajstić information content (AvgIpc) is 3.06. The van der Waals surface area contributed by atoms with Gasteiger partial charge in [-0.25, -0.2) is 9.79 Å². The van der Waals surface area contributed by atoms with Crippen molar-refractivity contribution in [2.24, 2.45) is 4.99 Å². The molecule has 3 aromatic rings. The highest BCUT2D eigenvalue weighted by atomic mass is 79.9. The molecule has 1 aliphatic heterocycles. The Hall–Kier alpha value is -2.68. The lowest BCUT2D eigenvalue weighted by molar-refractivity contribution is -0.139. The van der Waals surface area contributed by atoms with E-state index in [1.54, 1.807) is 32.1 Å². The van der Waals surface area contributed by atoms with Gasteiger partial charge in [0.15, 0.2) is 4.80 Å². The van der Waals surface area contributed by atoms with E-state index in [1.165, 1.54) is 15.9 Å². The van der Waals surface area contributed by atoms with E-state index in [1.807, 2.05) is 30.3 Å². The van der Waals surface area contributed by atoms with Gasteiger partial charge >= 0.3 is 5.97 Å². The third-order valence-corrected chi connectivity index (χ3v) is 6.78. The quantitative estimate of drug-likeness (QED) is 0.516. The van der Waals surface area contributed by atoms with Crippen molar-refractivity contribution in [1.82, 2.24) is 4.57 Å². The van der Waals surface area contributed by atoms with Crippen molar-refractivity contribution in [3.05, 3.63) is 94.0 Å². The molecule has 4 rings (SSSR count). The van der Waals surface area contributed by atoms with Crippen LogP contribution < -0.4 is 14.9 Å². The lowest BCUT2D eigenvalue weighted by Crippen LogP contribution is -2.39. The number of carbonyl (C=O) groups excluding carboxylic acids is 1. The molecule has 0 fully saturated rings. The van der Waals surface area contributed by atoms with Crippen LogP contribution in [0.3, 0.4) is 0 Å². The van der Waals surface area contributed by atoms with Crippen molar-refractivity contribution < 1.29 is 14.6 Å². The van der Waals surface area contributed by atoms with Crippen LogP contribution in [0.25, 0.3) is 6.08 Å². The van der Waals surface area contributed by atoms with E-state index in [0.717, 1.165) is 5.56 Å². The molecule has 0 saturated carbocycles. The Morgan fingerprint density at radius 2 is 2.06 bits per heavy atom. The Kier molecular flexibility index (Phi) is 6.37. The lowest BCUT2D eigenvalue weighted by Gasteiger charge is -2.24. The smallest absolute Gasteiger partial charge is 0.338 e. The normalized spacial score (nSPS) is 16.0. The van der Waals surface area contributed by atoms with Crippen molar-refractivity contribution in [1.29, 1.82) is 0 Å². The Morgan fingerprint density at radius 1 is 1.34 bits per heavy atom. The number of phenols is 1. The van der Waals surface area contributed by atoms with Crippen LogP contribution in [0.4, 0.5) is 0 Å². The zero-order valence-corrected chi connectivity index (χ0v) is 20.3. The third kappa shape index (κ3) is 4.05. The number of aromatic hydroxyl groups is 1. The molecule has 32 heavy (non-hydrogen) atoms. The molecule has 0 spiro atoms. The topological polar surface area (TPSA) is 80.9 Å². The molecule has 1 unspecified atom stereocenters. The van der Waals surface area contributed by atoms with Crippen LogP contribution in [0.2, 0.25) is 5.02 Å². The van der Waals surface area contributed by atoms with Gasteiger partial charge < -0.3 is 9.84 Å². The summed E-state index contributed by atoms with van der Waals surface area (Å²) in [6.07, 6.45) is 1.57. The largest absolute Gasteiger partial charge is 0.506 e. The molecule has 0 aliphatic carbocycles. The Bertz CT molecular complexity index is 1430. The summed E-state index contributed by atoms with van der Waals surface area (Å²) in [4.78, 5) is 31.3. The number of carbonyl (C=O) groups is 1. The first kappa shape index (κ1) is 22.5. The van der Waals surface area contributed by atoms with Crippen LogP contribution in [0.5, 0.6) is 5.75 Å². The van der Waals surface area contributed by atoms with Crippen LogP contribution in [0, 0.1) is 0 Å². The Morgan fingerprint density at radius 3 is 2.75 bits per heavy atom. The van der Waals surface area contributed by atoms with Crippen molar-refractivity contribution in [3.8, 4) is 5.75 Å². The number of halogens is 2. The number of hydrogen-bond donors (Lipinski definition) is 1. The maximum absolute atomic E-state index is 13.5. The van der Waals surface area contributed by atoms with E-state index >= 15 is 0 Å². The molecule has 2 heterocycles. The van der Waals surface area contributed by atoms with Gasteiger partial charge in [0.2, 0.25) is 0 Å². The summed E-state index contributed by atoms with van der Waals surface area (Å²) >= 11 is 10.6. The summed E-state index contributed by atoms with van der Waals surface area (Å²) in [7, 11) is 0. The number of rotatable bonds is 4. The first-order valence-electron chi connectivity index (χ1n) is 9.74. The molecular formula is C23H18BrClN2O4S. The first-order valence-corrected chi connectivity index (χ1v) is 11.7. The van der Waals surface area contributed by atoms with Crippen molar-refractivity contribution in [2.45, 2.75) is 19.9 Å². The number of allylic oxidation sites excluding steroid dienone is 1. The molecule has 0 radical (unpaired) electrons. The minimum Gasteiger partial charge on any atom is -0.506 e. The number of hydrogen-bond acceptors (Lipinski definition) is 6. The fourth-order valence-corrected chi connectivity index (χ4v) is 5.45. The zero-order chi connectivity index (χ0) is 23.0. The SMILES string of the molecule is CCOC(=O)C1=C(C)N=c2s/c(=C/c3cc(Cl)cc(Br)c3O)c(=O)n2C1c1ccccc1. The molecule has 0 saturated heterocycles. The summed E-state index contributed by atoms with van der Waals surface area (Å²) < 4.78 is 7.55. The molecule has 1 aromatic heterocycles. The van der Waals surface area contributed by atoms with Crippen LogP contribution in [-0.2, 0) is 9.53 Å². The first-order chi connectivity index (χ1) is 15.3. The van der Waals surface area contributed by atoms with Gasteiger partial charge in [0.25, 0.3) is 5.56 Å². The molecule has 9 heteroatoms. The summed E-state index contributed by atoms with van der Waals surface area (Å²) in [5.74, 6) is -0.531. The van der Waals surface area contributed by atoms with Crippen molar-refractivity contribution >= 4 is 50.9 Å². The van der Waals surface area contributed by atoms with E-state index in [9.17, 15) is 14.7 Å². The number of thiazole rings is 1. The molecular weight excluding hydrogens is 516 g/mol. The number of fused-ring (bicyclic) bond motifs is 1. The second-order valence-corrected chi connectivity index (χ2v) is 9.34. The highest BCUT2D eigenvalue weighted by Gasteiger charge is 2.33. The van der Waals surface area contributed by atoms with Gasteiger partial charge in [-0.1, -0.05) is 53.3 Å². The second-order valence-electron chi connectivity index (χ2n) is 7.04. The minimum atomic E-state index is -0.673. The number of esters is 1. The molecule has 6 nitrogen and oxygen atoms in total. The monoisotopic (exact) mass is 532 g/mol.